The van der Waals surface area contributed by atoms with Crippen molar-refractivity contribution in [3.05, 3.63) is 106 Å². The number of amides is 1. The van der Waals surface area contributed by atoms with Gasteiger partial charge in [-0.2, -0.15) is 0 Å². The van der Waals surface area contributed by atoms with Crippen LogP contribution >= 0.6 is 11.3 Å². The summed E-state index contributed by atoms with van der Waals surface area (Å²) in [5, 5.41) is 4.63. The van der Waals surface area contributed by atoms with Crippen molar-refractivity contribution >= 4 is 33.0 Å². The van der Waals surface area contributed by atoms with Gasteiger partial charge in [0.25, 0.3) is 15.9 Å². The molecule has 0 saturated carbocycles. The second-order valence-corrected chi connectivity index (χ2v) is 10.9. The van der Waals surface area contributed by atoms with Crippen molar-refractivity contribution in [2.45, 2.75) is 25.3 Å². The van der Waals surface area contributed by atoms with Gasteiger partial charge >= 0.3 is 0 Å². The van der Waals surface area contributed by atoms with Crippen molar-refractivity contribution < 1.29 is 13.2 Å². The van der Waals surface area contributed by atoms with Crippen LogP contribution in [0.4, 0.5) is 5.69 Å². The fourth-order valence-corrected chi connectivity index (χ4v) is 6.45. The highest BCUT2D eigenvalue weighted by atomic mass is 32.2. The van der Waals surface area contributed by atoms with Crippen molar-refractivity contribution in [1.82, 2.24) is 5.32 Å². The van der Waals surface area contributed by atoms with Crippen LogP contribution < -0.4 is 9.62 Å². The molecular formula is C27H26N2O3S2. The van der Waals surface area contributed by atoms with Crippen molar-refractivity contribution in [2.24, 2.45) is 0 Å². The maximum Gasteiger partial charge on any atom is 0.266 e. The fourth-order valence-electron chi connectivity index (χ4n) is 3.58. The Morgan fingerprint density at radius 3 is 2.09 bits per heavy atom. The molecule has 0 fully saturated rings. The first-order valence-corrected chi connectivity index (χ1v) is 13.2. The molecule has 1 amide bonds. The summed E-state index contributed by atoms with van der Waals surface area (Å²) in [6, 6.07) is 24.4. The summed E-state index contributed by atoms with van der Waals surface area (Å²) in [4.78, 5) is 13.4. The summed E-state index contributed by atoms with van der Waals surface area (Å²) in [6.45, 7) is 4.26. The summed E-state index contributed by atoms with van der Waals surface area (Å²) in [6.07, 6.45) is 0. The van der Waals surface area contributed by atoms with E-state index in [9.17, 15) is 13.2 Å². The van der Waals surface area contributed by atoms with Gasteiger partial charge in [0.2, 0.25) is 0 Å². The van der Waals surface area contributed by atoms with E-state index in [-0.39, 0.29) is 9.77 Å². The molecule has 0 spiro atoms. The molecular weight excluding hydrogens is 464 g/mol. The van der Waals surface area contributed by atoms with Crippen LogP contribution in [0.15, 0.2) is 89.1 Å². The topological polar surface area (TPSA) is 66.5 Å². The second-order valence-electron chi connectivity index (χ2n) is 8.15. The van der Waals surface area contributed by atoms with Gasteiger partial charge in [0.1, 0.15) is 9.77 Å². The highest BCUT2D eigenvalue weighted by Gasteiger charge is 2.32. The molecule has 0 unspecified atom stereocenters. The largest absolute Gasteiger partial charge is 0.347 e. The van der Waals surface area contributed by atoms with Crippen LogP contribution in [-0.4, -0.2) is 21.4 Å². The van der Waals surface area contributed by atoms with Crippen molar-refractivity contribution in [3.8, 4) is 11.1 Å². The smallest absolute Gasteiger partial charge is 0.266 e. The van der Waals surface area contributed by atoms with Gasteiger partial charge in [0.05, 0.1) is 5.69 Å². The Morgan fingerprint density at radius 1 is 0.882 bits per heavy atom. The van der Waals surface area contributed by atoms with E-state index in [1.165, 1.54) is 11.4 Å². The zero-order valence-electron chi connectivity index (χ0n) is 19.3. The molecule has 1 aromatic heterocycles. The summed E-state index contributed by atoms with van der Waals surface area (Å²) >= 11 is 1.14. The highest BCUT2D eigenvalue weighted by molar-refractivity contribution is 7.93. The van der Waals surface area contributed by atoms with Gasteiger partial charge in [0.15, 0.2) is 0 Å². The number of sulfonamides is 1. The third kappa shape index (κ3) is 4.90. The Morgan fingerprint density at radius 2 is 1.47 bits per heavy atom. The maximum atomic E-state index is 13.9. The SMILES string of the molecule is Cc1ccc(CNC(=O)c2scc(-c3ccccc3)c2S(=O)(=O)N(C)c2ccc(C)cc2)cc1. The molecule has 0 aliphatic carbocycles. The number of carbonyl (C=O) groups excluding carboxylic acids is 1. The lowest BCUT2D eigenvalue weighted by Crippen LogP contribution is -2.30. The van der Waals surface area contributed by atoms with Crippen molar-refractivity contribution in [3.63, 3.8) is 0 Å². The average molecular weight is 491 g/mol. The van der Waals surface area contributed by atoms with Crippen LogP contribution in [0.3, 0.4) is 0 Å². The summed E-state index contributed by atoms with van der Waals surface area (Å²) < 4.78 is 29.0. The molecule has 4 rings (SSSR count). The number of benzene rings is 3. The highest BCUT2D eigenvalue weighted by Crippen LogP contribution is 2.38. The average Bonchev–Trinajstić information content (AvgIpc) is 3.30. The molecule has 0 aliphatic heterocycles. The quantitative estimate of drug-likeness (QED) is 0.357. The molecule has 34 heavy (non-hydrogen) atoms. The van der Waals surface area contributed by atoms with Crippen LogP contribution in [0.5, 0.6) is 0 Å². The monoisotopic (exact) mass is 490 g/mol. The van der Waals surface area contributed by atoms with Gasteiger partial charge in [-0.3, -0.25) is 9.10 Å². The number of carbonyl (C=O) groups is 1. The molecule has 0 atom stereocenters. The number of hydrogen-bond acceptors (Lipinski definition) is 4. The van der Waals surface area contributed by atoms with Gasteiger partial charge in [-0.15, -0.1) is 11.3 Å². The van der Waals surface area contributed by atoms with Crippen molar-refractivity contribution in [2.75, 3.05) is 11.4 Å². The van der Waals surface area contributed by atoms with E-state index in [0.29, 0.717) is 17.8 Å². The predicted molar refractivity (Wildman–Crippen MR) is 139 cm³/mol. The van der Waals surface area contributed by atoms with E-state index in [0.717, 1.165) is 33.6 Å². The van der Waals surface area contributed by atoms with E-state index in [4.69, 9.17) is 0 Å². The molecule has 1 heterocycles. The summed E-state index contributed by atoms with van der Waals surface area (Å²) in [5.74, 6) is -0.413. The molecule has 174 valence electrons. The first-order chi connectivity index (χ1) is 16.3. The van der Waals surface area contributed by atoms with E-state index in [1.54, 1.807) is 17.5 Å². The number of thiophene rings is 1. The minimum atomic E-state index is -4.02. The van der Waals surface area contributed by atoms with Crippen molar-refractivity contribution in [1.29, 1.82) is 0 Å². The molecule has 4 aromatic rings. The Hall–Kier alpha value is -3.42. The minimum Gasteiger partial charge on any atom is -0.347 e. The third-order valence-electron chi connectivity index (χ3n) is 5.63. The number of nitrogens with one attached hydrogen (secondary N) is 1. The lowest BCUT2D eigenvalue weighted by molar-refractivity contribution is 0.0952. The van der Waals surface area contributed by atoms with Crippen LogP contribution in [0.1, 0.15) is 26.4 Å². The number of aryl methyl sites for hydroxylation is 2. The second kappa shape index (κ2) is 9.83. The molecule has 0 aliphatic rings. The van der Waals surface area contributed by atoms with E-state index in [1.807, 2.05) is 80.6 Å². The van der Waals surface area contributed by atoms with Gasteiger partial charge in [0, 0.05) is 24.5 Å². The van der Waals surface area contributed by atoms with Gasteiger partial charge in [-0.25, -0.2) is 8.42 Å². The fraction of sp³-hybridized carbons (Fsp3) is 0.148. The van der Waals surface area contributed by atoms with E-state index in [2.05, 4.69) is 5.32 Å². The van der Waals surface area contributed by atoms with E-state index < -0.39 is 15.9 Å². The maximum absolute atomic E-state index is 13.9. The Kier molecular flexibility index (Phi) is 6.86. The van der Waals surface area contributed by atoms with Gasteiger partial charge in [-0.05, 0) is 37.1 Å². The molecule has 7 heteroatoms. The number of anilines is 1. The lowest BCUT2D eigenvalue weighted by Gasteiger charge is -2.21. The van der Waals surface area contributed by atoms with Crippen LogP contribution in [-0.2, 0) is 16.6 Å². The summed E-state index contributed by atoms with van der Waals surface area (Å²) in [7, 11) is -2.51. The Bertz CT molecular complexity index is 1390. The molecule has 0 bridgehead atoms. The molecule has 5 nitrogen and oxygen atoms in total. The third-order valence-corrected chi connectivity index (χ3v) is 8.61. The first-order valence-electron chi connectivity index (χ1n) is 10.8. The zero-order chi connectivity index (χ0) is 24.3. The zero-order valence-corrected chi connectivity index (χ0v) is 20.9. The van der Waals surface area contributed by atoms with Crippen LogP contribution in [0.2, 0.25) is 0 Å². The Balaban J connectivity index is 1.74. The summed E-state index contributed by atoms with van der Waals surface area (Å²) in [5.41, 5.74) is 4.90. The predicted octanol–water partition coefficient (Wildman–Crippen LogP) is 5.79. The standard InChI is InChI=1S/C27H26N2O3S2/c1-19-9-13-21(14-10-19)17-28-27(30)25-26(24(18-33-25)22-7-5-4-6-8-22)34(31,32)29(3)23-15-11-20(2)12-16-23/h4-16,18H,17H2,1-3H3,(H,28,30). The number of rotatable bonds is 7. The lowest BCUT2D eigenvalue weighted by atomic mass is 10.1. The number of nitrogens with zero attached hydrogens (tertiary/aromatic N) is 1. The normalized spacial score (nSPS) is 11.3. The van der Waals surface area contributed by atoms with E-state index >= 15 is 0 Å². The molecule has 0 saturated heterocycles. The molecule has 0 radical (unpaired) electrons. The molecule has 3 aromatic carbocycles. The molecule has 1 N–H and O–H groups in total. The first kappa shape index (κ1) is 23.7. The van der Waals surface area contributed by atoms with Gasteiger partial charge < -0.3 is 5.32 Å². The van der Waals surface area contributed by atoms with Crippen LogP contribution in [0.25, 0.3) is 11.1 Å². The van der Waals surface area contributed by atoms with Crippen LogP contribution in [0, 0.1) is 13.8 Å². The minimum absolute atomic E-state index is 0.0215. The van der Waals surface area contributed by atoms with Gasteiger partial charge in [-0.1, -0.05) is 77.9 Å². The Labute approximate surface area is 204 Å². The number of hydrogen-bond donors (Lipinski definition) is 1.